The first kappa shape index (κ1) is 13.1. The molecule has 1 N–H and O–H groups in total. The van der Waals surface area contributed by atoms with Gasteiger partial charge in [0.05, 0.1) is 29.7 Å². The fraction of sp³-hybridized carbons (Fsp3) is 0.214. The second-order valence-electron chi connectivity index (χ2n) is 4.32. The summed E-state index contributed by atoms with van der Waals surface area (Å²) in [5, 5.41) is 2.62. The van der Waals surface area contributed by atoms with Crippen LogP contribution in [0.15, 0.2) is 30.6 Å². The van der Waals surface area contributed by atoms with E-state index in [0.717, 1.165) is 11.3 Å². The van der Waals surface area contributed by atoms with Crippen LogP contribution >= 0.6 is 0 Å². The van der Waals surface area contributed by atoms with Gasteiger partial charge in [-0.1, -0.05) is 11.6 Å². The molecule has 5 heteroatoms. The summed E-state index contributed by atoms with van der Waals surface area (Å²) < 4.78 is 13.5. The van der Waals surface area contributed by atoms with E-state index in [2.05, 4.69) is 15.3 Å². The van der Waals surface area contributed by atoms with Crippen LogP contribution in [0.2, 0.25) is 0 Å². The van der Waals surface area contributed by atoms with Crippen LogP contribution in [0.25, 0.3) is 0 Å². The Balaban J connectivity index is 2.05. The largest absolute Gasteiger partial charge is 0.346 e. The molecule has 0 aliphatic rings. The second kappa shape index (κ2) is 5.56. The quantitative estimate of drug-likeness (QED) is 0.919. The highest BCUT2D eigenvalue weighted by molar-refractivity contribution is 5.94. The third-order valence-electron chi connectivity index (χ3n) is 2.63. The number of halogens is 1. The summed E-state index contributed by atoms with van der Waals surface area (Å²) in [4.78, 5) is 20.0. The topological polar surface area (TPSA) is 54.9 Å². The van der Waals surface area contributed by atoms with E-state index in [4.69, 9.17) is 0 Å². The van der Waals surface area contributed by atoms with E-state index in [0.29, 0.717) is 5.69 Å². The van der Waals surface area contributed by atoms with Crippen molar-refractivity contribution in [3.8, 4) is 0 Å². The Morgan fingerprint density at radius 3 is 2.74 bits per heavy atom. The molecule has 0 unspecified atom stereocenters. The minimum absolute atomic E-state index is 0.0417. The monoisotopic (exact) mass is 259 g/mol. The number of amides is 1. The summed E-state index contributed by atoms with van der Waals surface area (Å²) in [6.45, 7) is 3.86. The van der Waals surface area contributed by atoms with Crippen LogP contribution in [0.5, 0.6) is 0 Å². The van der Waals surface area contributed by atoms with E-state index in [-0.39, 0.29) is 12.1 Å². The fourth-order valence-electron chi connectivity index (χ4n) is 1.59. The van der Waals surface area contributed by atoms with Crippen LogP contribution in [0.1, 0.15) is 27.3 Å². The Morgan fingerprint density at radius 1 is 1.26 bits per heavy atom. The molecular formula is C14H14FN3O. The zero-order chi connectivity index (χ0) is 13.8. The lowest BCUT2D eigenvalue weighted by Gasteiger charge is -2.06. The van der Waals surface area contributed by atoms with Crippen molar-refractivity contribution in [3.05, 3.63) is 58.9 Å². The molecule has 0 atom stereocenters. The van der Waals surface area contributed by atoms with Crippen molar-refractivity contribution >= 4 is 5.91 Å². The Bertz CT molecular complexity index is 596. The maximum atomic E-state index is 13.5. The molecule has 0 aliphatic heterocycles. The van der Waals surface area contributed by atoms with Crippen LogP contribution < -0.4 is 5.32 Å². The van der Waals surface area contributed by atoms with Gasteiger partial charge in [-0.2, -0.15) is 0 Å². The minimum atomic E-state index is -0.530. The molecular weight excluding hydrogens is 245 g/mol. The van der Waals surface area contributed by atoms with E-state index in [1.165, 1.54) is 12.1 Å². The zero-order valence-corrected chi connectivity index (χ0v) is 10.8. The van der Waals surface area contributed by atoms with Crippen LogP contribution in [0.3, 0.4) is 0 Å². The minimum Gasteiger partial charge on any atom is -0.346 e. The number of aromatic nitrogens is 2. The molecule has 1 aromatic carbocycles. The number of aryl methyl sites for hydroxylation is 2. The van der Waals surface area contributed by atoms with Crippen molar-refractivity contribution in [2.45, 2.75) is 20.4 Å². The third-order valence-corrected chi connectivity index (χ3v) is 2.63. The Labute approximate surface area is 110 Å². The lowest BCUT2D eigenvalue weighted by molar-refractivity contribution is 0.0946. The van der Waals surface area contributed by atoms with Crippen LogP contribution in [0.4, 0.5) is 4.39 Å². The molecule has 1 aromatic heterocycles. The molecule has 4 nitrogen and oxygen atoms in total. The molecule has 98 valence electrons. The summed E-state index contributed by atoms with van der Waals surface area (Å²) in [7, 11) is 0. The predicted octanol–water partition coefficient (Wildman–Crippen LogP) is 2.16. The van der Waals surface area contributed by atoms with Gasteiger partial charge in [0, 0.05) is 6.20 Å². The molecule has 0 aliphatic carbocycles. The average Bonchev–Trinajstić information content (AvgIpc) is 2.40. The van der Waals surface area contributed by atoms with E-state index < -0.39 is 11.7 Å². The maximum Gasteiger partial charge on any atom is 0.254 e. The predicted molar refractivity (Wildman–Crippen MR) is 69.1 cm³/mol. The normalized spacial score (nSPS) is 10.3. The first-order chi connectivity index (χ1) is 9.06. The van der Waals surface area contributed by atoms with Gasteiger partial charge in [-0.05, 0) is 26.0 Å². The average molecular weight is 259 g/mol. The van der Waals surface area contributed by atoms with Crippen molar-refractivity contribution in [2.24, 2.45) is 0 Å². The van der Waals surface area contributed by atoms with Crippen LogP contribution in [0, 0.1) is 19.7 Å². The number of hydrogen-bond donors (Lipinski definition) is 1. The summed E-state index contributed by atoms with van der Waals surface area (Å²) in [5.74, 6) is -0.985. The lowest BCUT2D eigenvalue weighted by Crippen LogP contribution is -2.24. The summed E-state index contributed by atoms with van der Waals surface area (Å²) in [6, 6.07) is 4.43. The first-order valence-electron chi connectivity index (χ1n) is 5.88. The van der Waals surface area contributed by atoms with E-state index in [1.807, 2.05) is 13.8 Å². The van der Waals surface area contributed by atoms with Gasteiger partial charge in [0.15, 0.2) is 0 Å². The second-order valence-corrected chi connectivity index (χ2v) is 4.32. The molecule has 2 rings (SSSR count). The van der Waals surface area contributed by atoms with Gasteiger partial charge in [0.25, 0.3) is 5.91 Å². The molecule has 0 fully saturated rings. The van der Waals surface area contributed by atoms with Gasteiger partial charge in [0.2, 0.25) is 0 Å². The van der Waals surface area contributed by atoms with Crippen molar-refractivity contribution in [1.29, 1.82) is 0 Å². The SMILES string of the molecule is Cc1ccc(F)c(C(=O)NCc2cnc(C)cn2)c1. The fourth-order valence-corrected chi connectivity index (χ4v) is 1.59. The van der Waals surface area contributed by atoms with Gasteiger partial charge >= 0.3 is 0 Å². The molecule has 1 amide bonds. The molecule has 2 aromatic rings. The standard InChI is InChI=1S/C14H14FN3O/c1-9-3-4-13(15)12(5-9)14(19)18-8-11-7-16-10(2)6-17-11/h3-7H,8H2,1-2H3,(H,18,19). The molecule has 1 heterocycles. The van der Waals surface area contributed by atoms with Gasteiger partial charge in [-0.3, -0.25) is 14.8 Å². The van der Waals surface area contributed by atoms with Crippen molar-refractivity contribution in [2.75, 3.05) is 0 Å². The number of carbonyl (C=O) groups excluding carboxylic acids is 1. The number of nitrogens with zero attached hydrogens (tertiary/aromatic N) is 2. The van der Waals surface area contributed by atoms with Gasteiger partial charge in [-0.25, -0.2) is 4.39 Å². The molecule has 19 heavy (non-hydrogen) atoms. The van der Waals surface area contributed by atoms with Crippen LogP contribution in [-0.4, -0.2) is 15.9 Å². The van der Waals surface area contributed by atoms with Crippen molar-refractivity contribution in [3.63, 3.8) is 0 Å². The van der Waals surface area contributed by atoms with E-state index in [1.54, 1.807) is 18.5 Å². The number of nitrogens with one attached hydrogen (secondary N) is 1. The Hall–Kier alpha value is -2.30. The summed E-state index contributed by atoms with van der Waals surface area (Å²) in [5.41, 5.74) is 2.31. The van der Waals surface area contributed by atoms with Gasteiger partial charge in [-0.15, -0.1) is 0 Å². The number of carbonyl (C=O) groups is 1. The molecule has 0 saturated carbocycles. The van der Waals surface area contributed by atoms with Crippen molar-refractivity contribution < 1.29 is 9.18 Å². The van der Waals surface area contributed by atoms with Gasteiger partial charge < -0.3 is 5.32 Å². The van der Waals surface area contributed by atoms with E-state index >= 15 is 0 Å². The van der Waals surface area contributed by atoms with Crippen molar-refractivity contribution in [1.82, 2.24) is 15.3 Å². The molecule has 0 radical (unpaired) electrons. The maximum absolute atomic E-state index is 13.5. The number of benzene rings is 1. The highest BCUT2D eigenvalue weighted by Gasteiger charge is 2.11. The smallest absolute Gasteiger partial charge is 0.254 e. The van der Waals surface area contributed by atoms with Crippen LogP contribution in [-0.2, 0) is 6.54 Å². The van der Waals surface area contributed by atoms with E-state index in [9.17, 15) is 9.18 Å². The van der Waals surface area contributed by atoms with Gasteiger partial charge in [0.1, 0.15) is 5.82 Å². The molecule has 0 saturated heterocycles. The number of rotatable bonds is 3. The zero-order valence-electron chi connectivity index (χ0n) is 10.8. The molecule has 0 bridgehead atoms. The highest BCUT2D eigenvalue weighted by Crippen LogP contribution is 2.10. The third kappa shape index (κ3) is 3.34. The Morgan fingerprint density at radius 2 is 2.05 bits per heavy atom. The number of hydrogen-bond acceptors (Lipinski definition) is 3. The lowest BCUT2D eigenvalue weighted by atomic mass is 10.1. The first-order valence-corrected chi connectivity index (χ1v) is 5.88. The molecule has 0 spiro atoms. The summed E-state index contributed by atoms with van der Waals surface area (Å²) in [6.07, 6.45) is 3.21. The summed E-state index contributed by atoms with van der Waals surface area (Å²) >= 11 is 0. The Kier molecular flexibility index (Phi) is 3.85. The highest BCUT2D eigenvalue weighted by atomic mass is 19.1.